The van der Waals surface area contributed by atoms with E-state index in [4.69, 9.17) is 4.42 Å². The zero-order valence-electron chi connectivity index (χ0n) is 5.86. The highest BCUT2D eigenvalue weighted by Gasteiger charge is 1.96. The topological polar surface area (TPSA) is 25.2 Å². The van der Waals surface area contributed by atoms with Crippen molar-refractivity contribution in [3.63, 3.8) is 0 Å². The first-order valence-electron chi connectivity index (χ1n) is 3.18. The number of furan rings is 1. The maximum absolute atomic E-state index is 5.08. The minimum Gasteiger partial charge on any atom is -0.467 e. The lowest BCUT2D eigenvalue weighted by molar-refractivity contribution is 0.535. The van der Waals surface area contributed by atoms with Gasteiger partial charge < -0.3 is 9.73 Å². The van der Waals surface area contributed by atoms with Crippen LogP contribution in [0.5, 0.6) is 0 Å². The minimum atomic E-state index is 0.931. The number of rotatable bonds is 3. The van der Waals surface area contributed by atoms with E-state index in [1.54, 1.807) is 6.26 Å². The molecule has 0 saturated carbocycles. The van der Waals surface area contributed by atoms with Gasteiger partial charge in [0.2, 0.25) is 0 Å². The average Bonchev–Trinajstić information content (AvgIpc) is 2.31. The quantitative estimate of drug-likeness (QED) is 0.764. The maximum Gasteiger partial charge on any atom is 0.123 e. The lowest BCUT2D eigenvalue weighted by atomic mass is 10.4. The Hall–Kier alpha value is -0.440. The number of alkyl halides is 1. The SMILES string of the molecule is Cc1occc1NCCBr. The maximum atomic E-state index is 5.08. The Bertz CT molecular complexity index is 197. The van der Waals surface area contributed by atoms with Crippen LogP contribution in [0.25, 0.3) is 0 Å². The van der Waals surface area contributed by atoms with E-state index in [0.717, 1.165) is 23.3 Å². The van der Waals surface area contributed by atoms with Gasteiger partial charge in [-0.15, -0.1) is 0 Å². The van der Waals surface area contributed by atoms with Gasteiger partial charge in [0.05, 0.1) is 12.0 Å². The van der Waals surface area contributed by atoms with Gasteiger partial charge >= 0.3 is 0 Å². The molecule has 0 aliphatic heterocycles. The molecule has 1 N–H and O–H groups in total. The molecular formula is C7H10BrNO. The molecule has 0 spiro atoms. The summed E-state index contributed by atoms with van der Waals surface area (Å²) in [7, 11) is 0. The third kappa shape index (κ3) is 1.77. The molecule has 0 aromatic carbocycles. The van der Waals surface area contributed by atoms with Crippen LogP contribution in [0.1, 0.15) is 5.76 Å². The van der Waals surface area contributed by atoms with Crippen LogP contribution in [0, 0.1) is 6.92 Å². The van der Waals surface area contributed by atoms with Crippen molar-refractivity contribution in [1.82, 2.24) is 0 Å². The second kappa shape index (κ2) is 3.66. The fourth-order valence-electron chi connectivity index (χ4n) is 0.750. The lowest BCUT2D eigenvalue weighted by Crippen LogP contribution is -2.01. The standard InChI is InChI=1S/C7H10BrNO/c1-6-7(2-5-10-6)9-4-3-8/h2,5,9H,3-4H2,1H3. The average molecular weight is 204 g/mol. The number of hydrogen-bond donors (Lipinski definition) is 1. The molecule has 0 bridgehead atoms. The fraction of sp³-hybridized carbons (Fsp3) is 0.429. The second-order valence-corrected chi connectivity index (χ2v) is 2.80. The minimum absolute atomic E-state index is 0.931. The molecule has 0 aliphatic rings. The molecule has 2 nitrogen and oxygen atoms in total. The molecule has 0 saturated heterocycles. The Labute approximate surface area is 68.7 Å². The number of anilines is 1. The molecule has 0 fully saturated rings. The van der Waals surface area contributed by atoms with Crippen LogP contribution in [-0.4, -0.2) is 11.9 Å². The van der Waals surface area contributed by atoms with Crippen molar-refractivity contribution in [2.75, 3.05) is 17.2 Å². The molecule has 3 heteroatoms. The van der Waals surface area contributed by atoms with Crippen LogP contribution in [0.4, 0.5) is 5.69 Å². The summed E-state index contributed by atoms with van der Waals surface area (Å²) in [5.74, 6) is 0.945. The van der Waals surface area contributed by atoms with Crippen molar-refractivity contribution in [3.05, 3.63) is 18.1 Å². The molecule has 1 heterocycles. The van der Waals surface area contributed by atoms with Crippen LogP contribution in [0.2, 0.25) is 0 Å². The second-order valence-electron chi connectivity index (χ2n) is 2.01. The first-order chi connectivity index (χ1) is 4.84. The van der Waals surface area contributed by atoms with Crippen LogP contribution >= 0.6 is 15.9 Å². The summed E-state index contributed by atoms with van der Waals surface area (Å²) in [4.78, 5) is 0. The summed E-state index contributed by atoms with van der Waals surface area (Å²) in [6, 6.07) is 1.93. The molecule has 1 aromatic rings. The Kier molecular flexibility index (Phi) is 2.81. The van der Waals surface area contributed by atoms with Crippen LogP contribution in [0.3, 0.4) is 0 Å². The summed E-state index contributed by atoms with van der Waals surface area (Å²) < 4.78 is 5.08. The van der Waals surface area contributed by atoms with Gasteiger partial charge in [0, 0.05) is 11.9 Å². The van der Waals surface area contributed by atoms with Crippen molar-refractivity contribution < 1.29 is 4.42 Å². The molecule has 0 unspecified atom stereocenters. The Morgan fingerprint density at radius 3 is 3.00 bits per heavy atom. The fourth-order valence-corrected chi connectivity index (χ4v) is 0.949. The Morgan fingerprint density at radius 1 is 1.70 bits per heavy atom. The first kappa shape index (κ1) is 7.66. The predicted molar refractivity (Wildman–Crippen MR) is 45.7 cm³/mol. The highest BCUT2D eigenvalue weighted by Crippen LogP contribution is 2.14. The normalized spacial score (nSPS) is 9.80. The summed E-state index contributed by atoms with van der Waals surface area (Å²) >= 11 is 3.33. The lowest BCUT2D eigenvalue weighted by Gasteiger charge is -1.99. The molecule has 0 atom stereocenters. The summed E-state index contributed by atoms with van der Waals surface area (Å²) in [6.07, 6.45) is 1.69. The van der Waals surface area contributed by atoms with E-state index in [1.165, 1.54) is 0 Å². The number of halogens is 1. The Morgan fingerprint density at radius 2 is 2.50 bits per heavy atom. The monoisotopic (exact) mass is 203 g/mol. The Balaban J connectivity index is 2.49. The van der Waals surface area contributed by atoms with Gasteiger partial charge in [0.1, 0.15) is 5.76 Å². The smallest absolute Gasteiger partial charge is 0.123 e. The number of aryl methyl sites for hydroxylation is 1. The van der Waals surface area contributed by atoms with Gasteiger partial charge in [-0.1, -0.05) is 15.9 Å². The molecule has 1 rings (SSSR count). The molecule has 0 radical (unpaired) electrons. The molecule has 10 heavy (non-hydrogen) atoms. The summed E-state index contributed by atoms with van der Waals surface area (Å²) in [5.41, 5.74) is 1.08. The van der Waals surface area contributed by atoms with E-state index in [9.17, 15) is 0 Å². The third-order valence-electron chi connectivity index (χ3n) is 1.27. The van der Waals surface area contributed by atoms with E-state index < -0.39 is 0 Å². The van der Waals surface area contributed by atoms with Crippen LogP contribution in [-0.2, 0) is 0 Å². The van der Waals surface area contributed by atoms with Crippen LogP contribution in [0.15, 0.2) is 16.7 Å². The van der Waals surface area contributed by atoms with E-state index in [1.807, 2.05) is 13.0 Å². The van der Waals surface area contributed by atoms with Crippen LogP contribution < -0.4 is 5.32 Å². The van der Waals surface area contributed by atoms with E-state index in [0.29, 0.717) is 0 Å². The first-order valence-corrected chi connectivity index (χ1v) is 4.30. The van der Waals surface area contributed by atoms with Crippen molar-refractivity contribution >= 4 is 21.6 Å². The summed E-state index contributed by atoms with van der Waals surface area (Å²) in [5, 5.41) is 4.16. The zero-order chi connectivity index (χ0) is 7.40. The predicted octanol–water partition coefficient (Wildman–Crippen LogP) is 2.39. The van der Waals surface area contributed by atoms with Gasteiger partial charge in [0.15, 0.2) is 0 Å². The molecule has 0 aliphatic carbocycles. The van der Waals surface area contributed by atoms with Crippen molar-refractivity contribution in [3.8, 4) is 0 Å². The molecule has 56 valence electrons. The zero-order valence-corrected chi connectivity index (χ0v) is 7.44. The largest absolute Gasteiger partial charge is 0.467 e. The highest BCUT2D eigenvalue weighted by molar-refractivity contribution is 9.09. The van der Waals surface area contributed by atoms with Crippen molar-refractivity contribution in [2.45, 2.75) is 6.92 Å². The van der Waals surface area contributed by atoms with E-state index in [2.05, 4.69) is 21.2 Å². The summed E-state index contributed by atoms with van der Waals surface area (Å²) in [6.45, 7) is 2.87. The van der Waals surface area contributed by atoms with Gasteiger partial charge in [0.25, 0.3) is 0 Å². The molecule has 1 aromatic heterocycles. The van der Waals surface area contributed by atoms with E-state index >= 15 is 0 Å². The van der Waals surface area contributed by atoms with Gasteiger partial charge in [-0.05, 0) is 13.0 Å². The number of nitrogens with one attached hydrogen (secondary N) is 1. The van der Waals surface area contributed by atoms with Gasteiger partial charge in [-0.25, -0.2) is 0 Å². The molecule has 0 amide bonds. The highest BCUT2D eigenvalue weighted by atomic mass is 79.9. The van der Waals surface area contributed by atoms with Crippen molar-refractivity contribution in [2.24, 2.45) is 0 Å². The third-order valence-corrected chi connectivity index (χ3v) is 1.67. The number of hydrogen-bond acceptors (Lipinski definition) is 2. The van der Waals surface area contributed by atoms with E-state index in [-0.39, 0.29) is 0 Å². The van der Waals surface area contributed by atoms with Crippen molar-refractivity contribution in [1.29, 1.82) is 0 Å². The van der Waals surface area contributed by atoms with Gasteiger partial charge in [-0.2, -0.15) is 0 Å². The van der Waals surface area contributed by atoms with Gasteiger partial charge in [-0.3, -0.25) is 0 Å². The molecular weight excluding hydrogens is 194 g/mol.